The third-order valence-electron chi connectivity index (χ3n) is 13.3. The molecule has 0 aromatic heterocycles. The van der Waals surface area contributed by atoms with Crippen LogP contribution in [0, 0.1) is 17.3 Å². The molecule has 1 radical (unpaired) electrons. The maximum Gasteiger partial charge on any atom is 0.305 e. The Balaban J connectivity index is -0.00000111. The van der Waals surface area contributed by atoms with Gasteiger partial charge in [-0.1, -0.05) is 243 Å². The molecule has 0 N–H and O–H groups in total. The molecule has 8 heteroatoms. The number of unbranched alkanes of at least 4 members (excludes halogenated alkanes) is 24. The quantitative estimate of drug-likeness (QED) is 0.0260. The van der Waals surface area contributed by atoms with Gasteiger partial charge in [0.05, 0.1) is 18.9 Å². The number of likely N-dealkylation sites (tertiary alicyclic amines) is 1. The molecule has 1 saturated heterocycles. The predicted octanol–water partition coefficient (Wildman–Crippen LogP) is 18.0. The molecule has 403 valence electrons. The number of hydrogen-bond acceptors (Lipinski definition) is 7. The smallest absolute Gasteiger partial charge is 0.305 e. The molecule has 1 heterocycles. The van der Waals surface area contributed by atoms with Crippen LogP contribution < -0.4 is 0 Å². The second-order valence-corrected chi connectivity index (χ2v) is 21.4. The molecule has 0 amide bonds. The van der Waals surface area contributed by atoms with Crippen LogP contribution in [-0.2, 0) is 28.7 Å². The molecule has 7 nitrogen and oxygen atoms in total. The largest absolute Gasteiger partial charge is 0.468 e. The van der Waals surface area contributed by atoms with Crippen LogP contribution in [0.4, 0.5) is 0 Å². The summed E-state index contributed by atoms with van der Waals surface area (Å²) in [5, 5.41) is 0. The van der Waals surface area contributed by atoms with E-state index in [2.05, 4.69) is 53.4 Å². The summed E-state index contributed by atoms with van der Waals surface area (Å²) < 4.78 is 10.1. The molecule has 0 aliphatic carbocycles. The van der Waals surface area contributed by atoms with Gasteiger partial charge in [-0.25, -0.2) is 0 Å². The third kappa shape index (κ3) is 52.1. The molecule has 1 rings (SSSR count). The number of carbonyl (C=O) groups is 4. The van der Waals surface area contributed by atoms with Crippen LogP contribution in [0.1, 0.15) is 307 Å². The number of carbonyl (C=O) groups excluding carboxylic acids is 4. The van der Waals surface area contributed by atoms with Crippen LogP contribution >= 0.6 is 0 Å². The van der Waals surface area contributed by atoms with Crippen molar-refractivity contribution < 1.29 is 28.7 Å². The van der Waals surface area contributed by atoms with Crippen molar-refractivity contribution in [3.05, 3.63) is 0 Å². The molecule has 0 aromatic carbocycles. The lowest BCUT2D eigenvalue weighted by Gasteiger charge is -2.22. The summed E-state index contributed by atoms with van der Waals surface area (Å²) >= 11 is 0. The second kappa shape index (κ2) is 54.6. The zero-order valence-electron chi connectivity index (χ0n) is 47.8. The normalized spacial score (nSPS) is 13.5. The van der Waals surface area contributed by atoms with Gasteiger partial charge in [0.1, 0.15) is 5.78 Å². The zero-order chi connectivity index (χ0) is 51.4. The Kier molecular flexibility index (Phi) is 56.7. The number of ether oxygens (including phenoxy) is 2. The fraction of sp³-hybridized carbons (Fsp3) is 0.933. The highest BCUT2D eigenvalue weighted by molar-refractivity contribution is 6.76. The Labute approximate surface area is 426 Å². The van der Waals surface area contributed by atoms with Gasteiger partial charge in [0.15, 0.2) is 0 Å². The summed E-state index contributed by atoms with van der Waals surface area (Å²) in [6.45, 7) is 28.3. The second-order valence-electron chi connectivity index (χ2n) is 21.4. The fourth-order valence-electron chi connectivity index (χ4n) is 8.55. The average Bonchev–Trinajstić information content (AvgIpc) is 3.77. The summed E-state index contributed by atoms with van der Waals surface area (Å²) in [7, 11) is 1.98. The number of Topliss-reactive ketones (excluding diaryl/α,β-unsaturated/α-hetero) is 1. The van der Waals surface area contributed by atoms with Crippen LogP contribution in [-0.4, -0.2) is 68.9 Å². The average molecular weight is 961 g/mol. The van der Waals surface area contributed by atoms with Crippen molar-refractivity contribution in [2.45, 2.75) is 313 Å². The van der Waals surface area contributed by atoms with Gasteiger partial charge in [0.2, 0.25) is 7.28 Å². The molecular weight excluding hydrogens is 841 g/mol. The standard InChI is InChI=1S/C27H51BNO3.C27H52O3.C4H10.C2H6/c1-5-7-8-9-10-11-12-13-17-22-32-25(30)18-15-14-16-20-29-21-19-24(23-29)28-26(31)27(3,4)6-2;1-3-5-7-9-12-16-20-26(21-17-13-10-8-6-4-2)24-27(29)22-18-14-11-15-19-23-30-25-28;1-4(2)3;1-2/h24H,5-23H2,1-4H3;25-26H,3-24H2,1-2H3;4H,1-3H3;1-2H3. The minimum absolute atomic E-state index is 0.0301. The van der Waals surface area contributed by atoms with E-state index in [4.69, 9.17) is 9.47 Å². The van der Waals surface area contributed by atoms with Crippen LogP contribution in [0.2, 0.25) is 5.82 Å². The topological polar surface area (TPSA) is 90.0 Å². The van der Waals surface area contributed by atoms with E-state index in [9.17, 15) is 19.2 Å². The van der Waals surface area contributed by atoms with Gasteiger partial charge in [-0.2, -0.15) is 0 Å². The van der Waals surface area contributed by atoms with Crippen molar-refractivity contribution in [1.29, 1.82) is 0 Å². The minimum atomic E-state index is -0.226. The lowest BCUT2D eigenvalue weighted by molar-refractivity contribution is -0.144. The minimum Gasteiger partial charge on any atom is -0.468 e. The van der Waals surface area contributed by atoms with Gasteiger partial charge < -0.3 is 19.2 Å². The summed E-state index contributed by atoms with van der Waals surface area (Å²) in [4.78, 5) is 49.3. The number of nitrogens with zero attached hydrogens (tertiary/aromatic N) is 1. The monoisotopic (exact) mass is 961 g/mol. The van der Waals surface area contributed by atoms with Crippen molar-refractivity contribution in [3.8, 4) is 0 Å². The summed E-state index contributed by atoms with van der Waals surface area (Å²) in [6.07, 6.45) is 42.7. The van der Waals surface area contributed by atoms with E-state index in [0.29, 0.717) is 49.3 Å². The van der Waals surface area contributed by atoms with E-state index in [-0.39, 0.29) is 11.4 Å². The molecule has 1 fully saturated rings. The highest BCUT2D eigenvalue weighted by atomic mass is 16.5. The van der Waals surface area contributed by atoms with E-state index in [0.717, 1.165) is 109 Å². The first kappa shape index (κ1) is 70.6. The summed E-state index contributed by atoms with van der Waals surface area (Å²) in [5.41, 5.74) is 0.0726. The van der Waals surface area contributed by atoms with Crippen molar-refractivity contribution >= 4 is 31.2 Å². The molecule has 1 aliphatic rings. The van der Waals surface area contributed by atoms with E-state index >= 15 is 0 Å². The van der Waals surface area contributed by atoms with E-state index in [1.807, 2.05) is 35.0 Å². The van der Waals surface area contributed by atoms with Crippen LogP contribution in [0.3, 0.4) is 0 Å². The number of esters is 1. The van der Waals surface area contributed by atoms with Gasteiger partial charge in [-0.3, -0.25) is 14.4 Å². The van der Waals surface area contributed by atoms with E-state index in [1.165, 1.54) is 141 Å². The Morgan fingerprint density at radius 2 is 1.03 bits per heavy atom. The van der Waals surface area contributed by atoms with Crippen molar-refractivity contribution in [2.75, 3.05) is 32.8 Å². The third-order valence-corrected chi connectivity index (χ3v) is 13.3. The van der Waals surface area contributed by atoms with Gasteiger partial charge in [-0.05, 0) is 82.2 Å². The molecule has 0 saturated carbocycles. The van der Waals surface area contributed by atoms with Gasteiger partial charge in [-0.15, -0.1) is 0 Å². The van der Waals surface area contributed by atoms with Gasteiger partial charge >= 0.3 is 5.97 Å². The molecular formula is C60H119BNO6. The van der Waals surface area contributed by atoms with E-state index in [1.54, 1.807) is 0 Å². The van der Waals surface area contributed by atoms with Gasteiger partial charge in [0.25, 0.3) is 6.47 Å². The highest BCUT2D eigenvalue weighted by Gasteiger charge is 2.31. The van der Waals surface area contributed by atoms with Crippen LogP contribution in [0.25, 0.3) is 0 Å². The summed E-state index contributed by atoms with van der Waals surface area (Å²) in [5.74, 6) is 2.32. The van der Waals surface area contributed by atoms with E-state index < -0.39 is 0 Å². The Hall–Kier alpha value is -1.70. The Bertz CT molecular complexity index is 1060. The molecule has 1 atom stereocenters. The molecule has 0 spiro atoms. The number of rotatable bonds is 45. The highest BCUT2D eigenvalue weighted by Crippen LogP contribution is 2.27. The van der Waals surface area contributed by atoms with Gasteiger partial charge in [0, 0.05) is 24.7 Å². The molecule has 1 unspecified atom stereocenters. The first-order chi connectivity index (χ1) is 32.9. The van der Waals surface area contributed by atoms with Crippen LogP contribution in [0.15, 0.2) is 0 Å². The molecule has 0 aromatic rings. The Morgan fingerprint density at radius 3 is 1.51 bits per heavy atom. The first-order valence-corrected chi connectivity index (χ1v) is 29.7. The number of ketones is 1. The maximum absolute atomic E-state index is 12.5. The zero-order valence-corrected chi connectivity index (χ0v) is 47.8. The van der Waals surface area contributed by atoms with Crippen molar-refractivity contribution in [1.82, 2.24) is 4.90 Å². The fourth-order valence-corrected chi connectivity index (χ4v) is 8.55. The predicted molar refractivity (Wildman–Crippen MR) is 297 cm³/mol. The van der Waals surface area contributed by atoms with Crippen molar-refractivity contribution in [3.63, 3.8) is 0 Å². The Morgan fingerprint density at radius 1 is 0.603 bits per heavy atom. The molecule has 0 bridgehead atoms. The lowest BCUT2D eigenvalue weighted by Crippen LogP contribution is -2.32. The first-order valence-electron chi connectivity index (χ1n) is 29.7. The molecule has 68 heavy (non-hydrogen) atoms. The lowest BCUT2D eigenvalue weighted by atomic mass is 9.54. The van der Waals surface area contributed by atoms with Crippen molar-refractivity contribution in [2.24, 2.45) is 17.3 Å². The maximum atomic E-state index is 12.5. The van der Waals surface area contributed by atoms with Crippen LogP contribution in [0.5, 0.6) is 0 Å². The summed E-state index contributed by atoms with van der Waals surface area (Å²) in [6, 6.07) is 0. The SMILES string of the molecule is CC.CC(C)C.CCCCCCCCC(CCCCCCCC)CC(=O)CCCCCCCOC=O.CCCCCCCCCCCOC(=O)CCCCCN1CCC([B]C(=O)C(C)(C)CC)C1. The molecule has 1 aliphatic heterocycles. The number of hydrogen-bond donors (Lipinski definition) is 0.